The molecule has 144 valence electrons. The summed E-state index contributed by atoms with van der Waals surface area (Å²) in [5, 5.41) is 8.19. The zero-order valence-electron chi connectivity index (χ0n) is 15.8. The second-order valence-corrected chi connectivity index (χ2v) is 7.91. The van der Waals surface area contributed by atoms with Crippen molar-refractivity contribution in [2.75, 3.05) is 0 Å². The van der Waals surface area contributed by atoms with E-state index in [1.54, 1.807) is 18.2 Å². The molecule has 1 heterocycles. The molecule has 1 amide bonds. The van der Waals surface area contributed by atoms with Crippen LogP contribution in [0.1, 0.15) is 39.5 Å². The number of nitrogens with zero attached hydrogens (tertiary/aromatic N) is 2. The maximum atomic E-state index is 12.4. The second-order valence-electron chi connectivity index (χ2n) is 7.48. The Labute approximate surface area is 164 Å². The Kier molecular flexibility index (Phi) is 6.32. The van der Waals surface area contributed by atoms with E-state index < -0.39 is 0 Å². The Balaban J connectivity index is 1.63. The van der Waals surface area contributed by atoms with Crippen LogP contribution < -0.4 is 10.9 Å². The maximum Gasteiger partial charge on any atom is 0.266 e. The summed E-state index contributed by atoms with van der Waals surface area (Å²) in [5.74, 6) is 1.09. The second kappa shape index (κ2) is 8.70. The smallest absolute Gasteiger partial charge is 0.266 e. The molecule has 5 nitrogen and oxygen atoms in total. The standard InChI is InChI=1S/C21H26ClN3O2/c1-14-4-3-5-18(15(14)2)23-20(26)12-13-25-21(27)11-10-19(24-25)16-6-8-17(22)9-7-16/h6-11,14-15,18H,3-5,12-13H2,1-2H3,(H,23,26). The largest absolute Gasteiger partial charge is 0.353 e. The quantitative estimate of drug-likeness (QED) is 0.846. The molecule has 0 radical (unpaired) electrons. The third kappa shape index (κ3) is 4.98. The number of hydrogen-bond donors (Lipinski definition) is 1. The fourth-order valence-electron chi connectivity index (χ4n) is 3.66. The van der Waals surface area contributed by atoms with Gasteiger partial charge in [0.05, 0.1) is 12.2 Å². The lowest BCUT2D eigenvalue weighted by Gasteiger charge is -2.34. The van der Waals surface area contributed by atoms with E-state index in [2.05, 4.69) is 24.3 Å². The number of nitrogens with one attached hydrogen (secondary N) is 1. The molecule has 0 aliphatic heterocycles. The first kappa shape index (κ1) is 19.6. The molecule has 3 unspecified atom stereocenters. The average Bonchev–Trinajstić information content (AvgIpc) is 2.65. The number of benzene rings is 1. The fourth-order valence-corrected chi connectivity index (χ4v) is 3.78. The lowest BCUT2D eigenvalue weighted by molar-refractivity contribution is -0.122. The zero-order valence-corrected chi connectivity index (χ0v) is 16.6. The van der Waals surface area contributed by atoms with E-state index in [-0.39, 0.29) is 30.5 Å². The summed E-state index contributed by atoms with van der Waals surface area (Å²) in [6.07, 6.45) is 3.65. The topological polar surface area (TPSA) is 64.0 Å². The molecule has 3 atom stereocenters. The van der Waals surface area contributed by atoms with Gasteiger partial charge in [0.15, 0.2) is 0 Å². The van der Waals surface area contributed by atoms with Crippen LogP contribution in [0, 0.1) is 11.8 Å². The molecule has 1 saturated carbocycles. The minimum atomic E-state index is -0.208. The van der Waals surface area contributed by atoms with Crippen molar-refractivity contribution in [3.8, 4) is 11.3 Å². The highest BCUT2D eigenvalue weighted by Gasteiger charge is 2.27. The SMILES string of the molecule is CC1CCCC(NC(=O)CCn2nc(-c3ccc(Cl)cc3)ccc2=O)C1C. The van der Waals surface area contributed by atoms with Gasteiger partial charge >= 0.3 is 0 Å². The molecule has 6 heteroatoms. The first-order valence-corrected chi connectivity index (χ1v) is 9.95. The molecular weight excluding hydrogens is 362 g/mol. The molecular formula is C21H26ClN3O2. The molecule has 1 N–H and O–H groups in total. The summed E-state index contributed by atoms with van der Waals surface area (Å²) >= 11 is 5.92. The van der Waals surface area contributed by atoms with Gasteiger partial charge in [0.25, 0.3) is 5.56 Å². The van der Waals surface area contributed by atoms with Crippen molar-refractivity contribution in [3.05, 3.63) is 51.8 Å². The molecule has 1 aromatic carbocycles. The van der Waals surface area contributed by atoms with E-state index in [1.807, 2.05) is 12.1 Å². The number of carbonyl (C=O) groups excluding carboxylic acids is 1. The lowest BCUT2D eigenvalue weighted by atomic mass is 9.78. The summed E-state index contributed by atoms with van der Waals surface area (Å²) in [5.41, 5.74) is 1.35. The molecule has 0 spiro atoms. The van der Waals surface area contributed by atoms with Gasteiger partial charge in [0, 0.05) is 29.1 Å². The number of amides is 1. The summed E-state index contributed by atoms with van der Waals surface area (Å²) in [4.78, 5) is 24.5. The average molecular weight is 388 g/mol. The van der Waals surface area contributed by atoms with Gasteiger partial charge in [-0.05, 0) is 36.5 Å². The Hall–Kier alpha value is -2.14. The van der Waals surface area contributed by atoms with Gasteiger partial charge in [-0.15, -0.1) is 0 Å². The normalized spacial score (nSPS) is 22.4. The van der Waals surface area contributed by atoms with E-state index in [9.17, 15) is 9.59 Å². The monoisotopic (exact) mass is 387 g/mol. The zero-order chi connectivity index (χ0) is 19.4. The summed E-state index contributed by atoms with van der Waals surface area (Å²) in [7, 11) is 0. The minimum Gasteiger partial charge on any atom is -0.353 e. The molecule has 1 aliphatic rings. The number of hydrogen-bond acceptors (Lipinski definition) is 3. The summed E-state index contributed by atoms with van der Waals surface area (Å²) in [6.45, 7) is 4.72. The predicted octanol–water partition coefficient (Wildman–Crippen LogP) is 3.89. The van der Waals surface area contributed by atoms with Crippen molar-refractivity contribution >= 4 is 17.5 Å². The number of halogens is 1. The van der Waals surface area contributed by atoms with Gasteiger partial charge in [-0.25, -0.2) is 4.68 Å². The lowest BCUT2D eigenvalue weighted by Crippen LogP contribution is -2.44. The molecule has 1 aromatic heterocycles. The van der Waals surface area contributed by atoms with Gasteiger partial charge in [0.1, 0.15) is 0 Å². The highest BCUT2D eigenvalue weighted by atomic mass is 35.5. The number of aromatic nitrogens is 2. The van der Waals surface area contributed by atoms with Gasteiger partial charge in [-0.1, -0.05) is 50.4 Å². The summed E-state index contributed by atoms with van der Waals surface area (Å²) in [6, 6.07) is 10.7. The van der Waals surface area contributed by atoms with Crippen molar-refractivity contribution in [3.63, 3.8) is 0 Å². The van der Waals surface area contributed by atoms with Crippen molar-refractivity contribution in [1.82, 2.24) is 15.1 Å². The number of carbonyl (C=O) groups is 1. The van der Waals surface area contributed by atoms with Crippen LogP contribution in [0.5, 0.6) is 0 Å². The fraction of sp³-hybridized carbons (Fsp3) is 0.476. The van der Waals surface area contributed by atoms with Crippen LogP contribution in [-0.4, -0.2) is 21.7 Å². The van der Waals surface area contributed by atoms with Crippen molar-refractivity contribution < 1.29 is 4.79 Å². The van der Waals surface area contributed by atoms with E-state index in [1.165, 1.54) is 17.2 Å². The molecule has 0 saturated heterocycles. The van der Waals surface area contributed by atoms with Crippen LogP contribution >= 0.6 is 11.6 Å². The van der Waals surface area contributed by atoms with E-state index in [4.69, 9.17) is 11.6 Å². The first-order valence-electron chi connectivity index (χ1n) is 9.57. The van der Waals surface area contributed by atoms with E-state index >= 15 is 0 Å². The maximum absolute atomic E-state index is 12.4. The van der Waals surface area contributed by atoms with E-state index in [0.717, 1.165) is 18.4 Å². The molecule has 1 fully saturated rings. The van der Waals surface area contributed by atoms with E-state index in [0.29, 0.717) is 22.6 Å². The Morgan fingerprint density at radius 3 is 2.67 bits per heavy atom. The number of aryl methyl sites for hydroxylation is 1. The van der Waals surface area contributed by atoms with Crippen molar-refractivity contribution in [1.29, 1.82) is 0 Å². The molecule has 1 aliphatic carbocycles. The van der Waals surface area contributed by atoms with Crippen LogP contribution in [-0.2, 0) is 11.3 Å². The van der Waals surface area contributed by atoms with Crippen LogP contribution in [0.2, 0.25) is 5.02 Å². The minimum absolute atomic E-state index is 0.0217. The van der Waals surface area contributed by atoms with Crippen LogP contribution in [0.15, 0.2) is 41.2 Å². The highest BCUT2D eigenvalue weighted by Crippen LogP contribution is 2.29. The van der Waals surface area contributed by atoms with Gasteiger partial charge < -0.3 is 5.32 Å². The molecule has 3 rings (SSSR count). The predicted molar refractivity (Wildman–Crippen MR) is 108 cm³/mol. The van der Waals surface area contributed by atoms with Crippen molar-refractivity contribution in [2.24, 2.45) is 11.8 Å². The third-order valence-corrected chi connectivity index (χ3v) is 5.86. The van der Waals surface area contributed by atoms with Gasteiger partial charge in [-0.3, -0.25) is 9.59 Å². The third-order valence-electron chi connectivity index (χ3n) is 5.61. The highest BCUT2D eigenvalue weighted by molar-refractivity contribution is 6.30. The molecule has 27 heavy (non-hydrogen) atoms. The number of rotatable bonds is 5. The Morgan fingerprint density at radius 2 is 1.93 bits per heavy atom. The van der Waals surface area contributed by atoms with Crippen LogP contribution in [0.3, 0.4) is 0 Å². The Morgan fingerprint density at radius 1 is 1.19 bits per heavy atom. The molecule has 0 bridgehead atoms. The van der Waals surface area contributed by atoms with Gasteiger partial charge in [0.2, 0.25) is 5.91 Å². The van der Waals surface area contributed by atoms with Crippen LogP contribution in [0.25, 0.3) is 11.3 Å². The first-order chi connectivity index (χ1) is 12.9. The van der Waals surface area contributed by atoms with Crippen LogP contribution in [0.4, 0.5) is 0 Å². The molecule has 2 aromatic rings. The summed E-state index contributed by atoms with van der Waals surface area (Å²) < 4.78 is 1.36. The Bertz CT molecular complexity index is 847. The van der Waals surface area contributed by atoms with Crippen molar-refractivity contribution in [2.45, 2.75) is 52.1 Å². The van der Waals surface area contributed by atoms with Gasteiger partial charge in [-0.2, -0.15) is 5.10 Å².